The second-order valence-electron chi connectivity index (χ2n) is 4.78. The number of fused-ring (bicyclic) bond motifs is 1. The Bertz CT molecular complexity index is 590. The molecule has 0 radical (unpaired) electrons. The van der Waals surface area contributed by atoms with Crippen molar-refractivity contribution < 1.29 is 9.53 Å². The van der Waals surface area contributed by atoms with Gasteiger partial charge in [0.2, 0.25) is 0 Å². The molecule has 0 aliphatic heterocycles. The molecule has 0 spiro atoms. The number of amides is 1. The van der Waals surface area contributed by atoms with Crippen LogP contribution in [0.3, 0.4) is 0 Å². The van der Waals surface area contributed by atoms with Crippen molar-refractivity contribution in [1.82, 2.24) is 4.90 Å². The van der Waals surface area contributed by atoms with Crippen molar-refractivity contribution in [2.24, 2.45) is 0 Å². The van der Waals surface area contributed by atoms with Crippen LogP contribution in [-0.2, 0) is 4.79 Å². The van der Waals surface area contributed by atoms with Crippen LogP contribution in [0.4, 0.5) is 0 Å². The normalized spacial score (nSPS) is 12.2. The lowest BCUT2D eigenvalue weighted by Crippen LogP contribution is -2.40. The van der Waals surface area contributed by atoms with Gasteiger partial charge in [-0.15, -0.1) is 0 Å². The Morgan fingerprint density at radius 2 is 1.75 bits per heavy atom. The van der Waals surface area contributed by atoms with Crippen molar-refractivity contribution in [1.29, 1.82) is 0 Å². The molecule has 0 aliphatic rings. The largest absolute Gasteiger partial charge is 0.481 e. The van der Waals surface area contributed by atoms with Crippen LogP contribution in [0.2, 0.25) is 0 Å². The van der Waals surface area contributed by atoms with Gasteiger partial charge in [0.25, 0.3) is 5.91 Å². The smallest absolute Gasteiger partial charge is 0.263 e. The highest BCUT2D eigenvalue weighted by Crippen LogP contribution is 2.21. The van der Waals surface area contributed by atoms with Crippen LogP contribution in [0.5, 0.6) is 5.75 Å². The van der Waals surface area contributed by atoms with Gasteiger partial charge in [-0.05, 0) is 43.7 Å². The summed E-state index contributed by atoms with van der Waals surface area (Å²) in [6, 6.07) is 14.0. The van der Waals surface area contributed by atoms with Crippen molar-refractivity contribution in [3.8, 4) is 5.75 Å². The maximum atomic E-state index is 12.2. The van der Waals surface area contributed by atoms with Gasteiger partial charge in [0, 0.05) is 13.1 Å². The van der Waals surface area contributed by atoms with E-state index in [4.69, 9.17) is 4.74 Å². The first-order chi connectivity index (χ1) is 9.65. The average Bonchev–Trinajstić information content (AvgIpc) is 2.48. The monoisotopic (exact) mass is 271 g/mol. The fourth-order valence-electron chi connectivity index (χ4n) is 2.29. The highest BCUT2D eigenvalue weighted by atomic mass is 16.5. The molecular weight excluding hydrogens is 250 g/mol. The Kier molecular flexibility index (Phi) is 4.61. The molecule has 1 amide bonds. The molecule has 0 aliphatic carbocycles. The summed E-state index contributed by atoms with van der Waals surface area (Å²) in [5, 5.41) is 2.29. The lowest BCUT2D eigenvalue weighted by molar-refractivity contribution is -0.137. The van der Waals surface area contributed by atoms with Crippen LogP contribution in [0, 0.1) is 0 Å². The van der Waals surface area contributed by atoms with Gasteiger partial charge in [-0.2, -0.15) is 0 Å². The average molecular weight is 271 g/mol. The van der Waals surface area contributed by atoms with E-state index in [-0.39, 0.29) is 5.91 Å². The molecule has 20 heavy (non-hydrogen) atoms. The van der Waals surface area contributed by atoms with E-state index in [0.717, 1.165) is 11.1 Å². The topological polar surface area (TPSA) is 29.5 Å². The number of ether oxygens (including phenoxy) is 1. The van der Waals surface area contributed by atoms with Gasteiger partial charge in [0.15, 0.2) is 6.10 Å². The third-order valence-corrected chi connectivity index (χ3v) is 3.46. The second-order valence-corrected chi connectivity index (χ2v) is 4.78. The van der Waals surface area contributed by atoms with Gasteiger partial charge in [-0.25, -0.2) is 0 Å². The summed E-state index contributed by atoms with van der Waals surface area (Å²) < 4.78 is 5.78. The molecule has 0 aromatic heterocycles. The van der Waals surface area contributed by atoms with Crippen LogP contribution < -0.4 is 4.74 Å². The summed E-state index contributed by atoms with van der Waals surface area (Å²) in [4.78, 5) is 14.0. The minimum atomic E-state index is -0.462. The second kappa shape index (κ2) is 6.42. The first kappa shape index (κ1) is 14.4. The summed E-state index contributed by atoms with van der Waals surface area (Å²) in [6.45, 7) is 7.17. The zero-order valence-corrected chi connectivity index (χ0v) is 12.3. The van der Waals surface area contributed by atoms with E-state index in [1.54, 1.807) is 11.8 Å². The molecule has 0 heterocycles. The maximum absolute atomic E-state index is 12.2. The van der Waals surface area contributed by atoms with Gasteiger partial charge in [0.1, 0.15) is 5.75 Å². The lowest BCUT2D eigenvalue weighted by atomic mass is 10.1. The number of hydrogen-bond acceptors (Lipinski definition) is 2. The van der Waals surface area contributed by atoms with Crippen LogP contribution in [0.15, 0.2) is 42.5 Å². The summed E-state index contributed by atoms with van der Waals surface area (Å²) >= 11 is 0. The van der Waals surface area contributed by atoms with E-state index in [9.17, 15) is 4.79 Å². The minimum Gasteiger partial charge on any atom is -0.481 e. The Balaban J connectivity index is 2.13. The molecule has 2 rings (SSSR count). The van der Waals surface area contributed by atoms with Gasteiger partial charge >= 0.3 is 0 Å². The number of hydrogen-bond donors (Lipinski definition) is 0. The standard InChI is InChI=1S/C17H21NO2/c1-4-18(5-2)17(19)13(3)20-16-11-10-14-8-6-7-9-15(14)12-16/h6-13H,4-5H2,1-3H3/t13-/m0/s1. The van der Waals surface area contributed by atoms with Crippen LogP contribution >= 0.6 is 0 Å². The number of rotatable bonds is 5. The molecule has 1 atom stereocenters. The summed E-state index contributed by atoms with van der Waals surface area (Å²) in [7, 11) is 0. The summed E-state index contributed by atoms with van der Waals surface area (Å²) in [6.07, 6.45) is -0.462. The number of nitrogens with zero attached hydrogens (tertiary/aromatic N) is 1. The Morgan fingerprint density at radius 3 is 2.40 bits per heavy atom. The zero-order valence-electron chi connectivity index (χ0n) is 12.3. The molecule has 0 fully saturated rings. The van der Waals surface area contributed by atoms with Crippen molar-refractivity contribution in [3.63, 3.8) is 0 Å². The molecule has 106 valence electrons. The van der Waals surface area contributed by atoms with Crippen LogP contribution in [0.1, 0.15) is 20.8 Å². The van der Waals surface area contributed by atoms with Crippen molar-refractivity contribution in [2.45, 2.75) is 26.9 Å². The quantitative estimate of drug-likeness (QED) is 0.833. The molecule has 0 N–H and O–H groups in total. The van der Waals surface area contributed by atoms with Crippen molar-refractivity contribution in [3.05, 3.63) is 42.5 Å². The first-order valence-electron chi connectivity index (χ1n) is 7.10. The molecule has 0 unspecified atom stereocenters. The third kappa shape index (κ3) is 3.10. The number of carbonyl (C=O) groups is 1. The van der Waals surface area contributed by atoms with Gasteiger partial charge in [0.05, 0.1) is 0 Å². The molecule has 3 heteroatoms. The Morgan fingerprint density at radius 1 is 1.10 bits per heavy atom. The SMILES string of the molecule is CCN(CC)C(=O)[C@H](C)Oc1ccc2ccccc2c1. The molecule has 0 saturated heterocycles. The summed E-state index contributed by atoms with van der Waals surface area (Å²) in [5.41, 5.74) is 0. The maximum Gasteiger partial charge on any atom is 0.263 e. The molecular formula is C17H21NO2. The Labute approximate surface area is 120 Å². The molecule has 2 aromatic rings. The van der Waals surface area contributed by atoms with E-state index in [2.05, 4.69) is 6.07 Å². The van der Waals surface area contributed by atoms with Gasteiger partial charge in [-0.1, -0.05) is 30.3 Å². The van der Waals surface area contributed by atoms with E-state index >= 15 is 0 Å². The van der Waals surface area contributed by atoms with E-state index < -0.39 is 6.10 Å². The van der Waals surface area contributed by atoms with Crippen LogP contribution in [0.25, 0.3) is 10.8 Å². The molecule has 0 bridgehead atoms. The van der Waals surface area contributed by atoms with E-state index in [1.807, 2.05) is 50.2 Å². The van der Waals surface area contributed by atoms with Crippen LogP contribution in [-0.4, -0.2) is 30.0 Å². The van der Waals surface area contributed by atoms with Gasteiger partial charge in [-0.3, -0.25) is 4.79 Å². The van der Waals surface area contributed by atoms with Gasteiger partial charge < -0.3 is 9.64 Å². The first-order valence-corrected chi connectivity index (χ1v) is 7.10. The molecule has 3 nitrogen and oxygen atoms in total. The van der Waals surface area contributed by atoms with E-state index in [0.29, 0.717) is 13.1 Å². The van der Waals surface area contributed by atoms with E-state index in [1.165, 1.54) is 5.39 Å². The third-order valence-electron chi connectivity index (χ3n) is 3.46. The fourth-order valence-corrected chi connectivity index (χ4v) is 2.29. The number of likely N-dealkylation sites (N-methyl/N-ethyl adjacent to an activating group) is 1. The van der Waals surface area contributed by atoms with Crippen molar-refractivity contribution in [2.75, 3.05) is 13.1 Å². The summed E-state index contributed by atoms with van der Waals surface area (Å²) in [5.74, 6) is 0.764. The minimum absolute atomic E-state index is 0.0307. The number of carbonyl (C=O) groups excluding carboxylic acids is 1. The molecule has 0 saturated carbocycles. The fraction of sp³-hybridized carbons (Fsp3) is 0.353. The highest BCUT2D eigenvalue weighted by Gasteiger charge is 2.19. The molecule has 2 aromatic carbocycles. The predicted octanol–water partition coefficient (Wildman–Crippen LogP) is 3.48. The Hall–Kier alpha value is -2.03. The number of benzene rings is 2. The predicted molar refractivity (Wildman–Crippen MR) is 82.0 cm³/mol. The lowest BCUT2D eigenvalue weighted by Gasteiger charge is -2.23. The van der Waals surface area contributed by atoms with Crippen molar-refractivity contribution >= 4 is 16.7 Å². The highest BCUT2D eigenvalue weighted by molar-refractivity contribution is 5.84. The zero-order chi connectivity index (χ0) is 14.5.